The lowest BCUT2D eigenvalue weighted by Gasteiger charge is -2.15. The average molecular weight is 302 g/mol. The van der Waals surface area contributed by atoms with Crippen molar-refractivity contribution in [2.45, 2.75) is 19.9 Å². The highest BCUT2D eigenvalue weighted by Gasteiger charge is 2.08. The van der Waals surface area contributed by atoms with E-state index in [2.05, 4.69) is 19.2 Å². The summed E-state index contributed by atoms with van der Waals surface area (Å²) in [4.78, 5) is 0. The fraction of sp³-hybridized carbons (Fsp3) is 0.600. The third kappa shape index (κ3) is 6.09. The molecule has 0 aliphatic carbocycles. The molecule has 0 spiro atoms. The van der Waals surface area contributed by atoms with E-state index in [0.29, 0.717) is 37.2 Å². The molecule has 1 rings (SSSR count). The van der Waals surface area contributed by atoms with Gasteiger partial charge < -0.3 is 19.5 Å². The van der Waals surface area contributed by atoms with Crippen molar-refractivity contribution in [3.63, 3.8) is 0 Å². The van der Waals surface area contributed by atoms with Gasteiger partial charge in [-0.3, -0.25) is 0 Å². The van der Waals surface area contributed by atoms with Crippen molar-refractivity contribution in [3.8, 4) is 5.75 Å². The monoisotopic (exact) mass is 301 g/mol. The predicted molar refractivity (Wildman–Crippen MR) is 81.7 cm³/mol. The molecule has 0 saturated heterocycles. The van der Waals surface area contributed by atoms with Gasteiger partial charge in [0.15, 0.2) is 0 Å². The van der Waals surface area contributed by atoms with E-state index in [1.165, 1.54) is 0 Å². The summed E-state index contributed by atoms with van der Waals surface area (Å²) in [6.07, 6.45) is 0. The first-order valence-electron chi connectivity index (χ1n) is 6.91. The molecule has 0 amide bonds. The Bertz CT molecular complexity index is 387. The van der Waals surface area contributed by atoms with Crippen molar-refractivity contribution in [2.75, 3.05) is 40.1 Å². The molecule has 5 heteroatoms. The predicted octanol–water partition coefficient (Wildman–Crippen LogP) is 3.05. The fourth-order valence-corrected chi connectivity index (χ4v) is 2.03. The molecule has 0 fully saturated rings. The largest absolute Gasteiger partial charge is 0.490 e. The van der Waals surface area contributed by atoms with Gasteiger partial charge in [-0.25, -0.2) is 0 Å². The summed E-state index contributed by atoms with van der Waals surface area (Å²) in [5.74, 6) is 0.689. The standard InChI is InChI=1S/C15H24ClNO3/c1-4-17-12(2)13-5-6-15(14(16)11-13)20-10-9-19-8-7-18-3/h5-6,11-12,17H,4,7-10H2,1-3H3. The van der Waals surface area contributed by atoms with Crippen LogP contribution in [0, 0.1) is 0 Å². The first-order chi connectivity index (χ1) is 9.69. The van der Waals surface area contributed by atoms with Gasteiger partial charge in [-0.15, -0.1) is 0 Å². The van der Waals surface area contributed by atoms with Crippen LogP contribution in [0.15, 0.2) is 18.2 Å². The third-order valence-electron chi connectivity index (χ3n) is 2.88. The summed E-state index contributed by atoms with van der Waals surface area (Å²) in [5, 5.41) is 3.98. The molecule has 0 heterocycles. The van der Waals surface area contributed by atoms with E-state index in [-0.39, 0.29) is 6.04 Å². The van der Waals surface area contributed by atoms with Gasteiger partial charge in [-0.1, -0.05) is 24.6 Å². The van der Waals surface area contributed by atoms with Gasteiger partial charge in [-0.05, 0) is 31.2 Å². The number of benzene rings is 1. The topological polar surface area (TPSA) is 39.7 Å². The van der Waals surface area contributed by atoms with Crippen LogP contribution in [0.25, 0.3) is 0 Å². The van der Waals surface area contributed by atoms with Crippen molar-refractivity contribution >= 4 is 11.6 Å². The van der Waals surface area contributed by atoms with Crippen molar-refractivity contribution < 1.29 is 14.2 Å². The van der Waals surface area contributed by atoms with Crippen LogP contribution in [0.5, 0.6) is 5.75 Å². The second-order valence-corrected chi connectivity index (χ2v) is 4.83. The molecule has 1 aromatic carbocycles. The van der Waals surface area contributed by atoms with E-state index in [1.54, 1.807) is 7.11 Å². The van der Waals surface area contributed by atoms with Crippen molar-refractivity contribution in [3.05, 3.63) is 28.8 Å². The lowest BCUT2D eigenvalue weighted by Crippen LogP contribution is -2.17. The number of ether oxygens (including phenoxy) is 3. The van der Waals surface area contributed by atoms with Gasteiger partial charge in [-0.2, -0.15) is 0 Å². The molecule has 0 bridgehead atoms. The summed E-state index contributed by atoms with van der Waals surface area (Å²) in [7, 11) is 1.65. The van der Waals surface area contributed by atoms with Crippen LogP contribution in [-0.2, 0) is 9.47 Å². The molecule has 1 atom stereocenters. The fourth-order valence-electron chi connectivity index (χ4n) is 1.78. The quantitative estimate of drug-likeness (QED) is 0.674. The van der Waals surface area contributed by atoms with Crippen LogP contribution in [0.2, 0.25) is 5.02 Å². The SMILES string of the molecule is CCNC(C)c1ccc(OCCOCCOC)c(Cl)c1. The maximum Gasteiger partial charge on any atom is 0.138 e. The van der Waals surface area contributed by atoms with Crippen LogP contribution < -0.4 is 10.1 Å². The summed E-state index contributed by atoms with van der Waals surface area (Å²) in [5.41, 5.74) is 1.15. The Kier molecular flexibility index (Phi) is 8.62. The molecular formula is C15H24ClNO3. The number of methoxy groups -OCH3 is 1. The molecule has 0 aliphatic heterocycles. The maximum atomic E-state index is 6.22. The Hall–Kier alpha value is -0.810. The Morgan fingerprint density at radius 1 is 1.20 bits per heavy atom. The molecule has 0 radical (unpaired) electrons. The molecule has 0 aromatic heterocycles. The van der Waals surface area contributed by atoms with Crippen molar-refractivity contribution in [1.82, 2.24) is 5.32 Å². The second-order valence-electron chi connectivity index (χ2n) is 4.42. The Morgan fingerprint density at radius 3 is 2.60 bits per heavy atom. The molecule has 1 aromatic rings. The Labute approximate surface area is 126 Å². The second kappa shape index (κ2) is 10.00. The van der Waals surface area contributed by atoms with Gasteiger partial charge in [0, 0.05) is 13.2 Å². The summed E-state index contributed by atoms with van der Waals surface area (Å²) in [6, 6.07) is 6.15. The smallest absolute Gasteiger partial charge is 0.138 e. The van der Waals surface area contributed by atoms with Crippen LogP contribution in [0.3, 0.4) is 0 Å². The highest BCUT2D eigenvalue weighted by Crippen LogP contribution is 2.27. The lowest BCUT2D eigenvalue weighted by molar-refractivity contribution is 0.0544. The molecule has 1 unspecified atom stereocenters. The average Bonchev–Trinajstić information content (AvgIpc) is 2.44. The van der Waals surface area contributed by atoms with E-state index in [9.17, 15) is 0 Å². The van der Waals surface area contributed by atoms with Crippen LogP contribution >= 0.6 is 11.6 Å². The zero-order valence-electron chi connectivity index (χ0n) is 12.4. The van der Waals surface area contributed by atoms with E-state index >= 15 is 0 Å². The van der Waals surface area contributed by atoms with E-state index in [1.807, 2.05) is 18.2 Å². The number of halogens is 1. The maximum absolute atomic E-state index is 6.22. The summed E-state index contributed by atoms with van der Waals surface area (Å²) < 4.78 is 15.8. The zero-order valence-corrected chi connectivity index (χ0v) is 13.2. The lowest BCUT2D eigenvalue weighted by atomic mass is 10.1. The molecule has 0 aliphatic rings. The molecule has 114 valence electrons. The molecule has 20 heavy (non-hydrogen) atoms. The zero-order chi connectivity index (χ0) is 14.8. The normalized spacial score (nSPS) is 12.4. The van der Waals surface area contributed by atoms with Crippen LogP contribution in [0.4, 0.5) is 0 Å². The summed E-state index contributed by atoms with van der Waals surface area (Å²) in [6.45, 7) is 7.29. The minimum atomic E-state index is 0.281. The molecule has 4 nitrogen and oxygen atoms in total. The van der Waals surface area contributed by atoms with Crippen molar-refractivity contribution in [1.29, 1.82) is 0 Å². The van der Waals surface area contributed by atoms with Crippen LogP contribution in [0.1, 0.15) is 25.5 Å². The first kappa shape index (κ1) is 17.2. The van der Waals surface area contributed by atoms with Crippen molar-refractivity contribution in [2.24, 2.45) is 0 Å². The first-order valence-corrected chi connectivity index (χ1v) is 7.29. The molecule has 0 saturated carbocycles. The van der Waals surface area contributed by atoms with Gasteiger partial charge in [0.05, 0.1) is 24.8 Å². The van der Waals surface area contributed by atoms with Gasteiger partial charge in [0.25, 0.3) is 0 Å². The minimum Gasteiger partial charge on any atom is -0.490 e. The number of nitrogens with one attached hydrogen (secondary N) is 1. The number of hydrogen-bond donors (Lipinski definition) is 1. The van der Waals surface area contributed by atoms with E-state index in [4.69, 9.17) is 25.8 Å². The molecule has 1 N–H and O–H groups in total. The number of hydrogen-bond acceptors (Lipinski definition) is 4. The van der Waals surface area contributed by atoms with Gasteiger partial charge in [0.1, 0.15) is 12.4 Å². The van der Waals surface area contributed by atoms with Crippen LogP contribution in [-0.4, -0.2) is 40.1 Å². The van der Waals surface area contributed by atoms with Gasteiger partial charge in [0.2, 0.25) is 0 Å². The Morgan fingerprint density at radius 2 is 1.95 bits per heavy atom. The Balaban J connectivity index is 2.39. The highest BCUT2D eigenvalue weighted by molar-refractivity contribution is 6.32. The van der Waals surface area contributed by atoms with Gasteiger partial charge >= 0.3 is 0 Å². The molecular weight excluding hydrogens is 278 g/mol. The summed E-state index contributed by atoms with van der Waals surface area (Å²) >= 11 is 6.22. The van der Waals surface area contributed by atoms with E-state index in [0.717, 1.165) is 12.1 Å². The van der Waals surface area contributed by atoms with E-state index < -0.39 is 0 Å². The number of rotatable bonds is 10. The third-order valence-corrected chi connectivity index (χ3v) is 3.18. The highest BCUT2D eigenvalue weighted by atomic mass is 35.5. The minimum absolute atomic E-state index is 0.281.